The number of piperazine rings is 1. The van der Waals surface area contributed by atoms with Crippen LogP contribution in [0.15, 0.2) is 120 Å². The number of hydrogen-bond acceptors (Lipinski definition) is 6. The molecule has 0 radical (unpaired) electrons. The second kappa shape index (κ2) is 12.5. The SMILES string of the molecule is O=C(CN(Cc1ccco1)C(=O)c1ccccc1)N1CCN(c2ccc(-c3ccc(-c4ccccc4)cc3)nn2)CC1. The minimum atomic E-state index is -0.205. The van der Waals surface area contributed by atoms with Crippen LogP contribution in [0.25, 0.3) is 22.4 Å². The highest BCUT2D eigenvalue weighted by molar-refractivity contribution is 5.96. The molecule has 1 aliphatic heterocycles. The van der Waals surface area contributed by atoms with Crippen LogP contribution < -0.4 is 4.90 Å². The zero-order valence-corrected chi connectivity index (χ0v) is 23.2. The van der Waals surface area contributed by atoms with Crippen LogP contribution in [0.2, 0.25) is 0 Å². The molecule has 42 heavy (non-hydrogen) atoms. The number of anilines is 1. The van der Waals surface area contributed by atoms with Crippen molar-refractivity contribution in [1.82, 2.24) is 20.0 Å². The fraction of sp³-hybridized carbons (Fsp3) is 0.176. The molecule has 0 unspecified atom stereocenters. The number of aromatic nitrogens is 2. The van der Waals surface area contributed by atoms with Gasteiger partial charge in [0.15, 0.2) is 5.82 Å². The molecule has 5 aromatic rings. The van der Waals surface area contributed by atoms with Gasteiger partial charge >= 0.3 is 0 Å². The third-order valence-corrected chi connectivity index (χ3v) is 7.46. The first-order valence-electron chi connectivity index (χ1n) is 14.0. The summed E-state index contributed by atoms with van der Waals surface area (Å²) in [7, 11) is 0. The molecule has 0 N–H and O–H groups in total. The molecule has 1 aliphatic rings. The monoisotopic (exact) mass is 557 g/mol. The van der Waals surface area contributed by atoms with E-state index in [4.69, 9.17) is 4.42 Å². The first kappa shape index (κ1) is 27.0. The number of furan rings is 1. The Morgan fingerprint density at radius 1 is 0.690 bits per heavy atom. The fourth-order valence-electron chi connectivity index (χ4n) is 5.11. The molecule has 0 aliphatic carbocycles. The summed E-state index contributed by atoms with van der Waals surface area (Å²) in [5.41, 5.74) is 4.69. The molecule has 0 atom stereocenters. The number of hydrogen-bond donors (Lipinski definition) is 0. The lowest BCUT2D eigenvalue weighted by Gasteiger charge is -2.36. The van der Waals surface area contributed by atoms with Gasteiger partial charge in [-0.15, -0.1) is 10.2 Å². The third kappa shape index (κ3) is 6.23. The first-order chi connectivity index (χ1) is 20.6. The molecular formula is C34H31N5O3. The van der Waals surface area contributed by atoms with Crippen LogP contribution in [0, 0.1) is 0 Å². The number of rotatable bonds is 8. The van der Waals surface area contributed by atoms with Crippen LogP contribution in [-0.2, 0) is 11.3 Å². The minimum absolute atomic E-state index is 0.0218. The van der Waals surface area contributed by atoms with E-state index in [0.717, 1.165) is 22.6 Å². The van der Waals surface area contributed by atoms with Crippen LogP contribution >= 0.6 is 0 Å². The van der Waals surface area contributed by atoms with Gasteiger partial charge in [0.05, 0.1) is 18.5 Å². The molecule has 0 saturated carbocycles. The molecule has 2 amide bonds. The van der Waals surface area contributed by atoms with Crippen molar-refractivity contribution in [1.29, 1.82) is 0 Å². The van der Waals surface area contributed by atoms with Gasteiger partial charge in [-0.2, -0.15) is 0 Å². The number of carbonyl (C=O) groups is 2. The molecule has 8 nitrogen and oxygen atoms in total. The maximum absolute atomic E-state index is 13.3. The predicted molar refractivity (Wildman–Crippen MR) is 162 cm³/mol. The Kier molecular flexibility index (Phi) is 8.03. The topological polar surface area (TPSA) is 82.8 Å². The van der Waals surface area contributed by atoms with Crippen molar-refractivity contribution in [3.05, 3.63) is 127 Å². The summed E-state index contributed by atoms with van der Waals surface area (Å²) in [6.07, 6.45) is 1.57. The molecule has 210 valence electrons. The fourth-order valence-corrected chi connectivity index (χ4v) is 5.11. The Morgan fingerprint density at radius 2 is 1.36 bits per heavy atom. The zero-order valence-electron chi connectivity index (χ0n) is 23.2. The second-order valence-corrected chi connectivity index (χ2v) is 10.2. The van der Waals surface area contributed by atoms with Gasteiger partial charge in [0.1, 0.15) is 12.3 Å². The number of benzene rings is 3. The maximum Gasteiger partial charge on any atom is 0.254 e. The second-order valence-electron chi connectivity index (χ2n) is 10.2. The molecule has 8 heteroatoms. The van der Waals surface area contributed by atoms with Gasteiger partial charge in [0.2, 0.25) is 5.91 Å². The van der Waals surface area contributed by atoms with Crippen molar-refractivity contribution in [2.45, 2.75) is 6.54 Å². The van der Waals surface area contributed by atoms with E-state index in [2.05, 4.69) is 51.5 Å². The zero-order chi connectivity index (χ0) is 28.7. The van der Waals surface area contributed by atoms with Gasteiger partial charge in [-0.05, 0) is 47.5 Å². The molecule has 6 rings (SSSR count). The molecule has 1 saturated heterocycles. The summed E-state index contributed by atoms with van der Waals surface area (Å²) >= 11 is 0. The maximum atomic E-state index is 13.3. The Labute approximate surface area is 244 Å². The highest BCUT2D eigenvalue weighted by atomic mass is 16.3. The van der Waals surface area contributed by atoms with Crippen molar-refractivity contribution >= 4 is 17.6 Å². The Balaban J connectivity index is 1.06. The van der Waals surface area contributed by atoms with Crippen molar-refractivity contribution in [3.8, 4) is 22.4 Å². The largest absolute Gasteiger partial charge is 0.467 e. The summed E-state index contributed by atoms with van der Waals surface area (Å²) in [6.45, 7) is 2.55. The van der Waals surface area contributed by atoms with E-state index in [9.17, 15) is 9.59 Å². The smallest absolute Gasteiger partial charge is 0.254 e. The van der Waals surface area contributed by atoms with Gasteiger partial charge in [-0.3, -0.25) is 9.59 Å². The van der Waals surface area contributed by atoms with Crippen molar-refractivity contribution in [2.75, 3.05) is 37.6 Å². The average Bonchev–Trinajstić information content (AvgIpc) is 3.58. The third-order valence-electron chi connectivity index (χ3n) is 7.46. The first-order valence-corrected chi connectivity index (χ1v) is 14.0. The summed E-state index contributed by atoms with van der Waals surface area (Å²) < 4.78 is 5.46. The highest BCUT2D eigenvalue weighted by Gasteiger charge is 2.26. The molecular weight excluding hydrogens is 526 g/mol. The van der Waals surface area contributed by atoms with E-state index >= 15 is 0 Å². The average molecular weight is 558 g/mol. The molecule has 3 heterocycles. The van der Waals surface area contributed by atoms with E-state index in [0.29, 0.717) is 37.5 Å². The van der Waals surface area contributed by atoms with Crippen LogP contribution in [0.4, 0.5) is 5.82 Å². The van der Waals surface area contributed by atoms with E-state index < -0.39 is 0 Å². The predicted octanol–water partition coefficient (Wildman–Crippen LogP) is 5.39. The summed E-state index contributed by atoms with van der Waals surface area (Å²) in [6, 6.07) is 35.1. The normalized spacial score (nSPS) is 13.1. The van der Waals surface area contributed by atoms with E-state index in [1.54, 1.807) is 40.3 Å². The summed E-state index contributed by atoms with van der Waals surface area (Å²) in [4.78, 5) is 32.0. The molecule has 0 bridgehead atoms. The quantitative estimate of drug-likeness (QED) is 0.254. The summed E-state index contributed by atoms with van der Waals surface area (Å²) in [5, 5.41) is 8.96. The molecule has 1 fully saturated rings. The highest BCUT2D eigenvalue weighted by Crippen LogP contribution is 2.24. The van der Waals surface area contributed by atoms with E-state index in [1.807, 2.05) is 48.5 Å². The lowest BCUT2D eigenvalue weighted by molar-refractivity contribution is -0.132. The van der Waals surface area contributed by atoms with Crippen LogP contribution in [-0.4, -0.2) is 64.5 Å². The van der Waals surface area contributed by atoms with Crippen molar-refractivity contribution in [2.24, 2.45) is 0 Å². The Hall–Kier alpha value is -5.24. The van der Waals surface area contributed by atoms with E-state index in [1.165, 1.54) is 5.56 Å². The van der Waals surface area contributed by atoms with Crippen LogP contribution in [0.3, 0.4) is 0 Å². The number of carbonyl (C=O) groups excluding carboxylic acids is 2. The lowest BCUT2D eigenvalue weighted by Crippen LogP contribution is -2.52. The summed E-state index contributed by atoms with van der Waals surface area (Å²) in [5.74, 6) is 1.12. The number of amides is 2. The minimum Gasteiger partial charge on any atom is -0.467 e. The van der Waals surface area contributed by atoms with E-state index in [-0.39, 0.29) is 24.9 Å². The molecule has 3 aromatic carbocycles. The van der Waals surface area contributed by atoms with Gasteiger partial charge in [0, 0.05) is 37.3 Å². The number of nitrogens with zero attached hydrogens (tertiary/aromatic N) is 5. The van der Waals surface area contributed by atoms with Crippen LogP contribution in [0.1, 0.15) is 16.1 Å². The molecule has 0 spiro atoms. The Morgan fingerprint density at radius 3 is 2.00 bits per heavy atom. The van der Waals surface area contributed by atoms with Crippen LogP contribution in [0.5, 0.6) is 0 Å². The van der Waals surface area contributed by atoms with Crippen molar-refractivity contribution in [3.63, 3.8) is 0 Å². The lowest BCUT2D eigenvalue weighted by atomic mass is 10.0. The van der Waals surface area contributed by atoms with Gasteiger partial charge in [-0.25, -0.2) is 0 Å². The standard InChI is InChI=1S/C34H31N5O3/c40-33(25-39(24-30-12-7-23-42-30)34(41)29-10-5-2-6-11-29)38-21-19-37(20-22-38)32-18-17-31(35-36-32)28-15-13-27(14-16-28)26-8-3-1-4-9-26/h1-18,23H,19-22,24-25H2. The van der Waals surface area contributed by atoms with Gasteiger partial charge in [-0.1, -0.05) is 72.8 Å². The molecule has 2 aromatic heterocycles. The van der Waals surface area contributed by atoms with Gasteiger partial charge < -0.3 is 19.1 Å². The van der Waals surface area contributed by atoms with Crippen molar-refractivity contribution < 1.29 is 14.0 Å². The Bertz CT molecular complexity index is 1600. The van der Waals surface area contributed by atoms with Gasteiger partial charge in [0.25, 0.3) is 5.91 Å².